The lowest BCUT2D eigenvalue weighted by atomic mass is 9.69. The molecule has 0 unspecified atom stereocenters. The van der Waals surface area contributed by atoms with Crippen molar-refractivity contribution in [1.29, 1.82) is 0 Å². The fraction of sp³-hybridized carbons (Fsp3) is 0.511. The summed E-state index contributed by atoms with van der Waals surface area (Å²) in [4.78, 5) is 51.0. The lowest BCUT2D eigenvalue weighted by Crippen LogP contribution is -2.54. The van der Waals surface area contributed by atoms with Crippen molar-refractivity contribution in [2.45, 2.75) is 111 Å². The van der Waals surface area contributed by atoms with Crippen LogP contribution in [0.5, 0.6) is 0 Å². The number of anilines is 3. The van der Waals surface area contributed by atoms with Gasteiger partial charge in [0.15, 0.2) is 0 Å². The zero-order chi connectivity index (χ0) is 43.3. The van der Waals surface area contributed by atoms with Gasteiger partial charge in [-0.15, -0.1) is 10.0 Å². The van der Waals surface area contributed by atoms with Crippen molar-refractivity contribution in [2.75, 3.05) is 54.0 Å². The summed E-state index contributed by atoms with van der Waals surface area (Å²) in [6.45, 7) is 18.9. The zero-order valence-electron chi connectivity index (χ0n) is 35.1. The standard InChI is InChI=1S/C16H18BrN3O.C16H18N6O.C15H18N2O/c1-18-20-11-5-4-8-14(20)16(9-10-17)12-6-2-3-7-13(12)19-15(16)21;1-18-22-11-5-4-8-14(22)16(9-10-19-21-17)12-6-2-3-7-13(12)20-15(16)23;18-14-15(11-5-1-2-6-12(11)16-14)8-10-17-9-4-3-7-13(15)17/h2-3,6-7,14H,4-5,8-11H2,(H,19,21);2-3,6-7,14H,4-5,8-11H2,(H,20,23);1-2,5-6,13H,3-4,7-10H2,(H,16,18)/t2*14-,16-;13-,15-/m000/s1. The van der Waals surface area contributed by atoms with Gasteiger partial charge >= 0.3 is 0 Å². The summed E-state index contributed by atoms with van der Waals surface area (Å²) in [6.07, 6.45) is 11.6. The van der Waals surface area contributed by atoms with Gasteiger partial charge in [-0.1, -0.05) is 82.1 Å². The highest BCUT2D eigenvalue weighted by molar-refractivity contribution is 9.09. The summed E-state index contributed by atoms with van der Waals surface area (Å²) in [7, 11) is 0. The molecule has 0 bridgehead atoms. The SMILES string of the molecule is O=C1Nc2ccccc2[C@]12CCN1CCCC[C@H]12.[C-]#[N+]N1CCCC[C@H]1[C@@]1(CCBr)C(=O)Nc2ccccc21.[C-]#[N+]N1CCCC[C@H]1[C@@]1(CCN=[N+]=[N-])C(=O)Nc2ccccc21. The van der Waals surface area contributed by atoms with Crippen LogP contribution in [0.25, 0.3) is 20.4 Å². The Hall–Kier alpha value is -5.60. The van der Waals surface area contributed by atoms with Gasteiger partial charge in [-0.3, -0.25) is 19.3 Å². The van der Waals surface area contributed by atoms with Gasteiger partial charge in [0, 0.05) is 39.9 Å². The Morgan fingerprint density at radius 2 is 1.10 bits per heavy atom. The van der Waals surface area contributed by atoms with E-state index in [9.17, 15) is 14.4 Å². The number of azide groups is 1. The van der Waals surface area contributed by atoms with Gasteiger partial charge in [0.2, 0.25) is 17.7 Å². The second-order valence-corrected chi connectivity index (χ2v) is 18.2. The van der Waals surface area contributed by atoms with E-state index in [1.54, 1.807) is 10.0 Å². The van der Waals surface area contributed by atoms with Crippen LogP contribution in [0.4, 0.5) is 17.1 Å². The van der Waals surface area contributed by atoms with Crippen LogP contribution >= 0.6 is 15.9 Å². The largest absolute Gasteiger partial charge is 0.325 e. The molecular weight excluding hydrogens is 846 g/mol. The predicted octanol–water partition coefficient (Wildman–Crippen LogP) is 8.75. The Morgan fingerprint density at radius 3 is 1.63 bits per heavy atom. The molecule has 7 aliphatic heterocycles. The molecule has 15 heteroatoms. The summed E-state index contributed by atoms with van der Waals surface area (Å²) in [5, 5.41) is 17.0. The zero-order valence-corrected chi connectivity index (χ0v) is 36.7. The number of hydrogen-bond acceptors (Lipinski definition) is 7. The molecule has 3 aromatic rings. The number of halogens is 1. The maximum absolute atomic E-state index is 12.9. The van der Waals surface area contributed by atoms with Crippen molar-refractivity contribution in [3.8, 4) is 0 Å². The molecule has 7 aliphatic rings. The number of amides is 3. The summed E-state index contributed by atoms with van der Waals surface area (Å²) in [6, 6.07) is 24.0. The van der Waals surface area contributed by atoms with E-state index >= 15 is 0 Å². The molecule has 0 aromatic heterocycles. The Morgan fingerprint density at radius 1 is 0.629 bits per heavy atom. The quantitative estimate of drug-likeness (QED) is 0.0709. The first-order valence-electron chi connectivity index (χ1n) is 22.1. The molecule has 10 rings (SSSR count). The van der Waals surface area contributed by atoms with Crippen LogP contribution in [0, 0.1) is 13.1 Å². The van der Waals surface area contributed by atoms with Crippen LogP contribution in [0.2, 0.25) is 0 Å². The van der Waals surface area contributed by atoms with Crippen molar-refractivity contribution in [3.63, 3.8) is 0 Å². The molecule has 6 atom stereocenters. The first-order chi connectivity index (χ1) is 30.3. The molecule has 4 saturated heterocycles. The topological polar surface area (TPSA) is 154 Å². The molecule has 3 amide bonds. The van der Waals surface area contributed by atoms with Crippen LogP contribution in [-0.2, 0) is 30.6 Å². The number of carbonyl (C=O) groups is 3. The van der Waals surface area contributed by atoms with E-state index in [4.69, 9.17) is 18.7 Å². The van der Waals surface area contributed by atoms with Crippen molar-refractivity contribution in [1.82, 2.24) is 14.9 Å². The third-order valence-electron chi connectivity index (χ3n) is 14.7. The first-order valence-corrected chi connectivity index (χ1v) is 23.2. The van der Waals surface area contributed by atoms with Crippen molar-refractivity contribution < 1.29 is 14.4 Å². The molecule has 3 N–H and O–H groups in total. The molecule has 7 heterocycles. The van der Waals surface area contributed by atoms with Crippen LogP contribution in [0.3, 0.4) is 0 Å². The number of nitrogens with one attached hydrogen (secondary N) is 3. The smallest absolute Gasteiger partial charge is 0.237 e. The molecule has 0 saturated carbocycles. The number of piperidine rings is 3. The Bertz CT molecular complexity index is 2320. The fourth-order valence-electron chi connectivity index (χ4n) is 11.9. The Kier molecular flexibility index (Phi) is 12.8. The normalized spacial score (nSPS) is 29.1. The minimum Gasteiger partial charge on any atom is -0.325 e. The van der Waals surface area contributed by atoms with Crippen LogP contribution in [-0.4, -0.2) is 88.8 Å². The molecule has 62 heavy (non-hydrogen) atoms. The fourth-order valence-corrected chi connectivity index (χ4v) is 12.5. The van der Waals surface area contributed by atoms with Gasteiger partial charge in [0.1, 0.15) is 22.9 Å². The van der Waals surface area contributed by atoms with E-state index in [0.717, 1.165) is 91.6 Å². The molecule has 1 spiro atoms. The number of rotatable bonds is 7. The maximum Gasteiger partial charge on any atom is 0.237 e. The molecule has 3 aromatic carbocycles. The summed E-state index contributed by atoms with van der Waals surface area (Å²) >= 11 is 3.51. The highest BCUT2D eigenvalue weighted by Gasteiger charge is 2.59. The molecule has 4 fully saturated rings. The van der Waals surface area contributed by atoms with Crippen LogP contribution < -0.4 is 16.0 Å². The lowest BCUT2D eigenvalue weighted by molar-refractivity contribution is -0.124. The van der Waals surface area contributed by atoms with E-state index < -0.39 is 10.8 Å². The van der Waals surface area contributed by atoms with Crippen molar-refractivity contribution in [2.24, 2.45) is 5.11 Å². The predicted molar refractivity (Wildman–Crippen MR) is 243 cm³/mol. The van der Waals surface area contributed by atoms with E-state index in [2.05, 4.69) is 68.8 Å². The number of benzene rings is 3. The molecular formula is C47H54BrN11O3. The van der Waals surface area contributed by atoms with E-state index in [1.165, 1.54) is 31.4 Å². The van der Waals surface area contributed by atoms with Gasteiger partial charge in [-0.25, -0.2) is 0 Å². The molecule has 0 aliphatic carbocycles. The average molecular weight is 901 g/mol. The van der Waals surface area contributed by atoms with Gasteiger partial charge in [-0.2, -0.15) is 23.1 Å². The summed E-state index contributed by atoms with van der Waals surface area (Å²) < 4.78 is 0. The highest BCUT2D eigenvalue weighted by Crippen LogP contribution is 2.51. The lowest BCUT2D eigenvalue weighted by Gasteiger charge is -2.39. The molecule has 0 radical (unpaired) electrons. The Balaban J connectivity index is 0.000000129. The number of alkyl halides is 1. The minimum atomic E-state index is -0.824. The Labute approximate surface area is 372 Å². The number of hydrogen-bond donors (Lipinski definition) is 3. The second kappa shape index (κ2) is 18.4. The minimum absolute atomic E-state index is 0.0371. The maximum atomic E-state index is 12.9. The number of fused-ring (bicyclic) bond motifs is 6. The van der Waals surface area contributed by atoms with Gasteiger partial charge in [0.25, 0.3) is 0 Å². The first kappa shape index (κ1) is 43.1. The van der Waals surface area contributed by atoms with Crippen molar-refractivity contribution in [3.05, 3.63) is 123 Å². The number of nitrogens with zero attached hydrogens (tertiary/aromatic N) is 8. The molecule has 322 valence electrons. The second-order valence-electron chi connectivity index (χ2n) is 17.4. The molecule has 14 nitrogen and oxygen atoms in total. The number of para-hydroxylation sites is 3. The summed E-state index contributed by atoms with van der Waals surface area (Å²) in [5.74, 6) is 0.189. The average Bonchev–Trinajstić information content (AvgIpc) is 4.02. The van der Waals surface area contributed by atoms with Crippen molar-refractivity contribution >= 4 is 50.7 Å². The van der Waals surface area contributed by atoms with Gasteiger partial charge < -0.3 is 16.0 Å². The monoisotopic (exact) mass is 899 g/mol. The van der Waals surface area contributed by atoms with Gasteiger partial charge in [-0.05, 0) is 124 Å². The summed E-state index contributed by atoms with van der Waals surface area (Å²) in [5.41, 5.74) is 12.9. The van der Waals surface area contributed by atoms with E-state index in [-0.39, 0.29) is 41.8 Å². The van der Waals surface area contributed by atoms with Crippen LogP contribution in [0.1, 0.15) is 93.7 Å². The third-order valence-corrected chi connectivity index (χ3v) is 15.1. The van der Waals surface area contributed by atoms with Gasteiger partial charge in [0.05, 0.1) is 18.5 Å². The number of carbonyl (C=O) groups excluding carboxylic acids is 3. The third kappa shape index (κ3) is 7.24. The van der Waals surface area contributed by atoms with Crippen LogP contribution in [0.15, 0.2) is 77.9 Å². The highest BCUT2D eigenvalue weighted by atomic mass is 79.9. The van der Waals surface area contributed by atoms with E-state index in [0.29, 0.717) is 25.4 Å². The van der Waals surface area contributed by atoms with E-state index in [1.807, 2.05) is 60.7 Å².